The van der Waals surface area contributed by atoms with Crippen molar-refractivity contribution in [3.8, 4) is 0 Å². The lowest BCUT2D eigenvalue weighted by Gasteiger charge is -2.13. The maximum Gasteiger partial charge on any atom is 0.0392 e. The lowest BCUT2D eigenvalue weighted by atomic mass is 10.1. The molecular formula is C18H21NS2. The lowest BCUT2D eigenvalue weighted by Crippen LogP contribution is -2.17. The predicted molar refractivity (Wildman–Crippen MR) is 95.5 cm³/mol. The summed E-state index contributed by atoms with van der Waals surface area (Å²) in [5.74, 6) is 0. The van der Waals surface area contributed by atoms with Gasteiger partial charge in [-0.3, -0.25) is 0 Å². The van der Waals surface area contributed by atoms with Crippen molar-refractivity contribution in [3.05, 3.63) is 56.6 Å². The van der Waals surface area contributed by atoms with Crippen LogP contribution in [-0.2, 0) is 13.0 Å². The van der Waals surface area contributed by atoms with Gasteiger partial charge in [0.15, 0.2) is 0 Å². The second-order valence-electron chi connectivity index (χ2n) is 5.41. The molecule has 0 saturated heterocycles. The maximum absolute atomic E-state index is 3.70. The average Bonchev–Trinajstić information content (AvgIpc) is 3.09. The summed E-state index contributed by atoms with van der Waals surface area (Å²) < 4.78 is 1.39. The average molecular weight is 316 g/mol. The number of aryl methyl sites for hydroxylation is 2. The number of thiophene rings is 2. The Balaban J connectivity index is 1.78. The van der Waals surface area contributed by atoms with E-state index < -0.39 is 0 Å². The zero-order valence-corrected chi connectivity index (χ0v) is 14.4. The maximum atomic E-state index is 3.70. The highest BCUT2D eigenvalue weighted by atomic mass is 32.1. The van der Waals surface area contributed by atoms with Gasteiger partial charge in [0.25, 0.3) is 0 Å². The van der Waals surface area contributed by atoms with Crippen LogP contribution in [0, 0.1) is 6.92 Å². The largest absolute Gasteiger partial charge is 0.305 e. The van der Waals surface area contributed by atoms with Crippen molar-refractivity contribution < 1.29 is 0 Å². The summed E-state index contributed by atoms with van der Waals surface area (Å²) >= 11 is 3.78. The van der Waals surface area contributed by atoms with Gasteiger partial charge in [0.1, 0.15) is 0 Å². The predicted octanol–water partition coefficient (Wildman–Crippen LogP) is 5.68. The molecule has 2 heterocycles. The number of rotatable bonds is 5. The summed E-state index contributed by atoms with van der Waals surface area (Å²) in [5, 5.41) is 7.30. The summed E-state index contributed by atoms with van der Waals surface area (Å²) in [6.45, 7) is 7.71. The van der Waals surface area contributed by atoms with Crippen LogP contribution in [0.1, 0.15) is 40.8 Å². The van der Waals surface area contributed by atoms with Crippen LogP contribution >= 0.6 is 22.7 Å². The third kappa shape index (κ3) is 2.91. The molecule has 0 aliphatic heterocycles. The van der Waals surface area contributed by atoms with E-state index in [-0.39, 0.29) is 0 Å². The van der Waals surface area contributed by atoms with Gasteiger partial charge in [-0.05, 0) is 54.3 Å². The van der Waals surface area contributed by atoms with E-state index in [9.17, 15) is 0 Å². The Morgan fingerprint density at radius 1 is 1.19 bits per heavy atom. The van der Waals surface area contributed by atoms with Crippen molar-refractivity contribution >= 4 is 32.8 Å². The van der Waals surface area contributed by atoms with Gasteiger partial charge in [-0.1, -0.05) is 25.1 Å². The summed E-state index contributed by atoms with van der Waals surface area (Å²) in [7, 11) is 0. The molecule has 3 aromatic rings. The molecule has 0 radical (unpaired) electrons. The van der Waals surface area contributed by atoms with Crippen LogP contribution in [0.15, 0.2) is 35.7 Å². The molecule has 1 nitrogen and oxygen atoms in total. The molecule has 1 atom stereocenters. The molecule has 0 bridgehead atoms. The van der Waals surface area contributed by atoms with Crippen molar-refractivity contribution in [2.24, 2.45) is 0 Å². The highest BCUT2D eigenvalue weighted by molar-refractivity contribution is 7.19. The van der Waals surface area contributed by atoms with E-state index in [1.807, 2.05) is 22.7 Å². The van der Waals surface area contributed by atoms with Crippen LogP contribution in [-0.4, -0.2) is 0 Å². The first kappa shape index (κ1) is 14.8. The molecule has 0 aliphatic rings. The summed E-state index contributed by atoms with van der Waals surface area (Å²) in [6.07, 6.45) is 1.12. The Morgan fingerprint density at radius 2 is 2.00 bits per heavy atom. The SMILES string of the molecule is CCc1ccsc1CNC(C)c1sc2ccccc2c1C. The normalized spacial score (nSPS) is 12.9. The summed E-state index contributed by atoms with van der Waals surface area (Å²) in [4.78, 5) is 2.94. The van der Waals surface area contributed by atoms with Gasteiger partial charge >= 0.3 is 0 Å². The van der Waals surface area contributed by atoms with Crippen LogP contribution in [0.3, 0.4) is 0 Å². The first-order valence-corrected chi connectivity index (χ1v) is 9.17. The molecule has 0 fully saturated rings. The minimum absolute atomic E-state index is 0.397. The molecule has 3 heteroatoms. The molecule has 1 N–H and O–H groups in total. The first-order valence-electron chi connectivity index (χ1n) is 7.47. The topological polar surface area (TPSA) is 12.0 Å². The lowest BCUT2D eigenvalue weighted by molar-refractivity contribution is 0.583. The Labute approximate surface area is 134 Å². The second-order valence-corrected chi connectivity index (χ2v) is 7.50. The second kappa shape index (κ2) is 6.30. The number of fused-ring (bicyclic) bond motifs is 1. The molecule has 0 spiro atoms. The van der Waals surface area contributed by atoms with E-state index in [2.05, 4.69) is 61.8 Å². The van der Waals surface area contributed by atoms with Gasteiger partial charge in [-0.15, -0.1) is 22.7 Å². The standard InChI is InChI=1S/C18H21NS2/c1-4-14-9-10-20-17(14)11-19-13(3)18-12(2)15-7-5-6-8-16(15)21-18/h5-10,13,19H,4,11H2,1-3H3. The summed E-state index contributed by atoms with van der Waals surface area (Å²) in [6, 6.07) is 11.3. The molecule has 2 aromatic heterocycles. The zero-order chi connectivity index (χ0) is 14.8. The molecule has 3 rings (SSSR count). The van der Waals surface area contributed by atoms with Gasteiger partial charge in [0, 0.05) is 27.0 Å². The van der Waals surface area contributed by atoms with Gasteiger partial charge in [0.2, 0.25) is 0 Å². The molecule has 110 valence electrons. The van der Waals surface area contributed by atoms with E-state index in [1.54, 1.807) is 0 Å². The monoisotopic (exact) mass is 315 g/mol. The van der Waals surface area contributed by atoms with Crippen LogP contribution in [0.25, 0.3) is 10.1 Å². The van der Waals surface area contributed by atoms with Gasteiger partial charge in [-0.2, -0.15) is 0 Å². The van der Waals surface area contributed by atoms with Gasteiger partial charge in [-0.25, -0.2) is 0 Å². The summed E-state index contributed by atoms with van der Waals surface area (Å²) in [5.41, 5.74) is 2.91. The molecule has 21 heavy (non-hydrogen) atoms. The Hall–Kier alpha value is -1.16. The van der Waals surface area contributed by atoms with E-state index in [1.165, 1.54) is 31.0 Å². The van der Waals surface area contributed by atoms with Crippen LogP contribution in [0.4, 0.5) is 0 Å². The molecule has 0 aliphatic carbocycles. The molecule has 0 saturated carbocycles. The fourth-order valence-electron chi connectivity index (χ4n) is 2.78. The number of hydrogen-bond acceptors (Lipinski definition) is 3. The first-order chi connectivity index (χ1) is 10.2. The Morgan fingerprint density at radius 3 is 2.76 bits per heavy atom. The number of benzene rings is 1. The highest BCUT2D eigenvalue weighted by Crippen LogP contribution is 2.34. The van der Waals surface area contributed by atoms with E-state index in [4.69, 9.17) is 0 Å². The van der Waals surface area contributed by atoms with Crippen molar-refractivity contribution in [2.75, 3.05) is 0 Å². The smallest absolute Gasteiger partial charge is 0.0392 e. The van der Waals surface area contributed by atoms with Crippen molar-refractivity contribution in [3.63, 3.8) is 0 Å². The third-order valence-electron chi connectivity index (χ3n) is 4.06. The number of hydrogen-bond donors (Lipinski definition) is 1. The molecule has 0 amide bonds. The van der Waals surface area contributed by atoms with E-state index >= 15 is 0 Å². The van der Waals surface area contributed by atoms with Crippen LogP contribution in [0.2, 0.25) is 0 Å². The van der Waals surface area contributed by atoms with Crippen LogP contribution in [0.5, 0.6) is 0 Å². The van der Waals surface area contributed by atoms with Crippen LogP contribution < -0.4 is 5.32 Å². The minimum Gasteiger partial charge on any atom is -0.305 e. The molecular weight excluding hydrogens is 294 g/mol. The fraction of sp³-hybridized carbons (Fsp3) is 0.333. The third-order valence-corrected chi connectivity index (χ3v) is 6.48. The molecule has 1 aromatic carbocycles. The quantitative estimate of drug-likeness (QED) is 0.638. The Bertz CT molecular complexity index is 739. The highest BCUT2D eigenvalue weighted by Gasteiger charge is 2.14. The molecule has 1 unspecified atom stereocenters. The van der Waals surface area contributed by atoms with Crippen molar-refractivity contribution in [1.82, 2.24) is 5.32 Å². The zero-order valence-electron chi connectivity index (χ0n) is 12.8. The minimum atomic E-state index is 0.397. The van der Waals surface area contributed by atoms with E-state index in [0.29, 0.717) is 6.04 Å². The Kier molecular flexibility index (Phi) is 4.43. The van der Waals surface area contributed by atoms with Crippen molar-refractivity contribution in [2.45, 2.75) is 39.8 Å². The number of nitrogens with one attached hydrogen (secondary N) is 1. The fourth-order valence-corrected chi connectivity index (χ4v) is 4.95. The van der Waals surface area contributed by atoms with Crippen molar-refractivity contribution in [1.29, 1.82) is 0 Å². The van der Waals surface area contributed by atoms with Gasteiger partial charge < -0.3 is 5.32 Å². The van der Waals surface area contributed by atoms with Gasteiger partial charge in [0.05, 0.1) is 0 Å². The van der Waals surface area contributed by atoms with E-state index in [0.717, 1.165) is 13.0 Å².